The Morgan fingerprint density at radius 3 is 1.37 bits per heavy atom. The number of fused-ring (bicyclic) bond motifs is 3. The standard InChI is InChI=1S/C56H39N/c1-5-18-40(19-6-1)42-32-35-47(36-33-42)57(54-39-45(41-20-7-2-8-21-41)34-37-49(54)43-22-9-3-10-23-43)48-27-17-26-46(38-48)56-53-31-16-14-29-51(53)50-28-13-15-30-52(50)55(56)44-24-11-4-12-25-44/h1-39H/i17D,26D,27D,32D,33D,35D,36D,38D. The van der Waals surface area contributed by atoms with Crippen LogP contribution in [0.2, 0.25) is 0 Å². The summed E-state index contributed by atoms with van der Waals surface area (Å²) in [5.41, 5.74) is 5.86. The van der Waals surface area contributed by atoms with Gasteiger partial charge in [0.15, 0.2) is 0 Å². The first-order chi connectivity index (χ1) is 31.7. The molecule has 0 fully saturated rings. The van der Waals surface area contributed by atoms with Gasteiger partial charge in [0.2, 0.25) is 0 Å². The van der Waals surface area contributed by atoms with Crippen LogP contribution in [0.25, 0.3) is 77.2 Å². The number of nitrogens with zero attached hydrogens (tertiary/aromatic N) is 1. The van der Waals surface area contributed by atoms with Crippen molar-refractivity contribution < 1.29 is 11.0 Å². The monoisotopic (exact) mass is 733 g/mol. The Balaban J connectivity index is 1.39. The Morgan fingerprint density at radius 2 is 0.789 bits per heavy atom. The van der Waals surface area contributed by atoms with E-state index in [0.29, 0.717) is 22.4 Å². The normalized spacial score (nSPS) is 13.1. The molecule has 10 aromatic carbocycles. The van der Waals surface area contributed by atoms with Gasteiger partial charge in [-0.15, -0.1) is 0 Å². The number of hydrogen-bond donors (Lipinski definition) is 0. The van der Waals surface area contributed by atoms with Crippen molar-refractivity contribution in [3.8, 4) is 55.6 Å². The summed E-state index contributed by atoms with van der Waals surface area (Å²) in [5, 5.41) is 3.48. The van der Waals surface area contributed by atoms with E-state index in [4.69, 9.17) is 0 Å². The van der Waals surface area contributed by atoms with Gasteiger partial charge in [-0.3, -0.25) is 0 Å². The molecular formula is C56H39N. The molecule has 1 heteroatoms. The molecule has 0 atom stereocenters. The molecule has 0 aliphatic heterocycles. The van der Waals surface area contributed by atoms with Gasteiger partial charge in [-0.25, -0.2) is 0 Å². The fourth-order valence-corrected chi connectivity index (χ4v) is 7.78. The molecular weight excluding hydrogens is 687 g/mol. The highest BCUT2D eigenvalue weighted by Crippen LogP contribution is 2.48. The van der Waals surface area contributed by atoms with E-state index in [0.717, 1.165) is 49.4 Å². The fourth-order valence-electron chi connectivity index (χ4n) is 7.78. The molecule has 10 aromatic rings. The molecule has 0 saturated heterocycles. The number of benzene rings is 10. The van der Waals surface area contributed by atoms with E-state index < -0.39 is 24.2 Å². The van der Waals surface area contributed by atoms with E-state index in [1.54, 1.807) is 24.3 Å². The highest BCUT2D eigenvalue weighted by Gasteiger charge is 2.22. The summed E-state index contributed by atoms with van der Waals surface area (Å²) in [4.78, 5) is 1.47. The van der Waals surface area contributed by atoms with Crippen LogP contribution in [0.3, 0.4) is 0 Å². The Morgan fingerprint density at radius 1 is 0.316 bits per heavy atom. The lowest BCUT2D eigenvalue weighted by Crippen LogP contribution is -2.11. The summed E-state index contributed by atoms with van der Waals surface area (Å²) >= 11 is 0. The van der Waals surface area contributed by atoms with Crippen molar-refractivity contribution in [2.45, 2.75) is 0 Å². The molecule has 0 unspecified atom stereocenters. The molecule has 1 nitrogen and oxygen atoms in total. The first-order valence-corrected chi connectivity index (χ1v) is 19.0. The SMILES string of the molecule is [2H]c1c([2H])c(-c2c(-c3ccccc3)c3ccccc3c3ccccc23)c([2H])c(N(c2cc(-c3ccccc3)ccc2-c2ccccc2)c2c([2H])c([2H])c(-c3ccccc3)c([2H])c2[2H])c1[2H]. The summed E-state index contributed by atoms with van der Waals surface area (Å²) in [6.07, 6.45) is 0. The summed E-state index contributed by atoms with van der Waals surface area (Å²) in [7, 11) is 0. The van der Waals surface area contributed by atoms with E-state index in [1.165, 1.54) is 4.90 Å². The van der Waals surface area contributed by atoms with E-state index in [9.17, 15) is 11.0 Å². The van der Waals surface area contributed by atoms with Crippen molar-refractivity contribution in [3.63, 3.8) is 0 Å². The minimum absolute atomic E-state index is 0.100. The number of hydrogen-bond acceptors (Lipinski definition) is 1. The van der Waals surface area contributed by atoms with E-state index in [-0.39, 0.29) is 46.7 Å². The van der Waals surface area contributed by atoms with Crippen molar-refractivity contribution in [3.05, 3.63) is 236 Å². The Bertz CT molecular complexity index is 3420. The van der Waals surface area contributed by atoms with Gasteiger partial charge < -0.3 is 4.90 Å². The molecule has 0 saturated carbocycles. The molecule has 0 bridgehead atoms. The molecule has 0 amide bonds. The Hall–Kier alpha value is -7.48. The highest BCUT2D eigenvalue weighted by molar-refractivity contribution is 6.21. The van der Waals surface area contributed by atoms with E-state index in [1.807, 2.05) is 158 Å². The minimum atomic E-state index is -0.469. The highest BCUT2D eigenvalue weighted by atomic mass is 15.1. The van der Waals surface area contributed by atoms with Crippen LogP contribution >= 0.6 is 0 Å². The van der Waals surface area contributed by atoms with Crippen LogP contribution in [-0.4, -0.2) is 0 Å². The second-order valence-corrected chi connectivity index (χ2v) is 13.8. The molecule has 0 heterocycles. The van der Waals surface area contributed by atoms with E-state index in [2.05, 4.69) is 6.07 Å². The van der Waals surface area contributed by atoms with Crippen molar-refractivity contribution >= 4 is 38.6 Å². The van der Waals surface area contributed by atoms with Gasteiger partial charge in [0.1, 0.15) is 0 Å². The second-order valence-electron chi connectivity index (χ2n) is 13.8. The third-order valence-electron chi connectivity index (χ3n) is 10.4. The van der Waals surface area contributed by atoms with Gasteiger partial charge >= 0.3 is 0 Å². The zero-order chi connectivity index (χ0) is 44.9. The van der Waals surface area contributed by atoms with Gasteiger partial charge in [-0.2, -0.15) is 0 Å². The van der Waals surface area contributed by atoms with Crippen molar-refractivity contribution in [1.82, 2.24) is 0 Å². The predicted octanol–water partition coefficient (Wildman–Crippen LogP) is 15.8. The molecule has 268 valence electrons. The molecule has 10 rings (SSSR count). The number of anilines is 3. The zero-order valence-electron chi connectivity index (χ0n) is 38.8. The average Bonchev–Trinajstić information content (AvgIpc) is 3.35. The Kier molecular flexibility index (Phi) is 6.92. The lowest BCUT2D eigenvalue weighted by atomic mass is 9.85. The topological polar surface area (TPSA) is 3.24 Å². The van der Waals surface area contributed by atoms with Crippen LogP contribution in [0.4, 0.5) is 17.1 Å². The van der Waals surface area contributed by atoms with Crippen LogP contribution in [0.5, 0.6) is 0 Å². The first kappa shape index (κ1) is 26.3. The molecule has 0 aliphatic rings. The molecule has 0 aromatic heterocycles. The maximum atomic E-state index is 10.5. The zero-order valence-corrected chi connectivity index (χ0v) is 30.8. The minimum Gasteiger partial charge on any atom is -0.310 e. The summed E-state index contributed by atoms with van der Waals surface area (Å²) in [5.74, 6) is 0. The van der Waals surface area contributed by atoms with Crippen molar-refractivity contribution in [2.24, 2.45) is 0 Å². The first-order valence-electron chi connectivity index (χ1n) is 23.0. The molecule has 57 heavy (non-hydrogen) atoms. The lowest BCUT2D eigenvalue weighted by Gasteiger charge is -2.29. The van der Waals surface area contributed by atoms with Crippen LogP contribution in [0.1, 0.15) is 11.0 Å². The second kappa shape index (κ2) is 15.0. The van der Waals surface area contributed by atoms with Crippen molar-refractivity contribution in [1.29, 1.82) is 0 Å². The summed E-state index contributed by atoms with van der Waals surface area (Å²) < 4.78 is 78.2. The van der Waals surface area contributed by atoms with Crippen LogP contribution in [0, 0.1) is 0 Å². The van der Waals surface area contributed by atoms with E-state index >= 15 is 0 Å². The maximum absolute atomic E-state index is 10.5. The molecule has 0 aliphatic carbocycles. The van der Waals surface area contributed by atoms with Crippen LogP contribution in [0.15, 0.2) is 236 Å². The van der Waals surface area contributed by atoms with Crippen molar-refractivity contribution in [2.75, 3.05) is 4.90 Å². The smallest absolute Gasteiger partial charge is 0.0651 e. The van der Waals surface area contributed by atoms with Gasteiger partial charge in [0.05, 0.1) is 16.7 Å². The average molecular weight is 734 g/mol. The number of rotatable bonds is 8. The van der Waals surface area contributed by atoms with Gasteiger partial charge in [0.25, 0.3) is 0 Å². The molecule has 0 N–H and O–H groups in total. The van der Waals surface area contributed by atoms with Crippen LogP contribution in [-0.2, 0) is 0 Å². The third-order valence-corrected chi connectivity index (χ3v) is 10.4. The summed E-state index contributed by atoms with van der Waals surface area (Å²) in [6.45, 7) is 0. The maximum Gasteiger partial charge on any atom is 0.0651 e. The Labute approximate surface area is 345 Å². The quantitative estimate of drug-likeness (QED) is 0.141. The third kappa shape index (κ3) is 6.46. The molecule has 0 radical (unpaired) electrons. The predicted molar refractivity (Wildman–Crippen MR) is 243 cm³/mol. The largest absolute Gasteiger partial charge is 0.310 e. The summed E-state index contributed by atoms with van der Waals surface area (Å²) in [6, 6.07) is 56.6. The van der Waals surface area contributed by atoms with Crippen LogP contribution < -0.4 is 4.90 Å². The lowest BCUT2D eigenvalue weighted by molar-refractivity contribution is 1.28. The van der Waals surface area contributed by atoms with Gasteiger partial charge in [0, 0.05) is 16.9 Å². The fraction of sp³-hybridized carbons (Fsp3) is 0. The molecule has 0 spiro atoms. The van der Waals surface area contributed by atoms with Gasteiger partial charge in [-0.1, -0.05) is 206 Å². The van der Waals surface area contributed by atoms with Gasteiger partial charge in [-0.05, 0) is 102 Å².